The van der Waals surface area contributed by atoms with Crippen molar-refractivity contribution in [2.45, 2.75) is 44.9 Å². The zero-order valence-corrected chi connectivity index (χ0v) is 25.4. The molecule has 0 saturated carbocycles. The van der Waals surface area contributed by atoms with Gasteiger partial charge in [0.2, 0.25) is 11.6 Å². The highest BCUT2D eigenvalue weighted by atomic mass is 127. The third-order valence-corrected chi connectivity index (χ3v) is 8.52. The van der Waals surface area contributed by atoms with Crippen molar-refractivity contribution in [3.8, 4) is 0 Å². The van der Waals surface area contributed by atoms with Crippen molar-refractivity contribution in [2.75, 3.05) is 34.8 Å². The Kier molecular flexibility index (Phi) is 8.61. The van der Waals surface area contributed by atoms with Crippen molar-refractivity contribution >= 4 is 62.6 Å². The maximum Gasteiger partial charge on any atom is 0.301 e. The molecule has 2 aliphatic rings. The molecule has 0 aromatic heterocycles. The average molecular weight is 649 g/mol. The van der Waals surface area contributed by atoms with Gasteiger partial charge in [-0.15, -0.1) is 0 Å². The maximum atomic E-state index is 11.9. The number of benzene rings is 2. The van der Waals surface area contributed by atoms with Crippen molar-refractivity contribution < 1.29 is 22.3 Å². The number of carbonyl (C=O) groups is 1. The standard InChI is InChI=1S/C29H34IN3O4S/c1-28(2)21-10-6-7-11-24(21)33(16-9-17-37-38(35)36)26(28)13-8-12-25-29(3,4)22-18-20(31-27(34)19-30)14-15-23(22)32(25)5/h6-8,10-15,18H,9,16-17,19H2,1-5H3,(H-,31,34,35,36)/p+1. The smallest absolute Gasteiger partial charge is 0.301 e. The van der Waals surface area contributed by atoms with Crippen molar-refractivity contribution in [1.82, 2.24) is 0 Å². The number of hydrogen-bond acceptors (Lipinski definition) is 4. The minimum atomic E-state index is -2.25. The Labute approximate surface area is 241 Å². The number of hydrogen-bond donors (Lipinski definition) is 2. The molecule has 4 rings (SSSR count). The van der Waals surface area contributed by atoms with Gasteiger partial charge in [-0.3, -0.25) is 13.5 Å². The number of carbonyl (C=O) groups excluding carboxylic acids is 1. The van der Waals surface area contributed by atoms with E-state index in [1.54, 1.807) is 0 Å². The van der Waals surface area contributed by atoms with Gasteiger partial charge in [0.1, 0.15) is 7.05 Å². The van der Waals surface area contributed by atoms with Crippen molar-refractivity contribution in [3.05, 3.63) is 77.5 Å². The van der Waals surface area contributed by atoms with E-state index in [4.69, 9.17) is 8.74 Å². The van der Waals surface area contributed by atoms with E-state index in [0.29, 0.717) is 17.4 Å². The first-order valence-electron chi connectivity index (χ1n) is 12.6. The van der Waals surface area contributed by atoms with Crippen LogP contribution in [0.5, 0.6) is 0 Å². The lowest BCUT2D eigenvalue weighted by Gasteiger charge is -2.27. The van der Waals surface area contributed by atoms with Gasteiger partial charge >= 0.3 is 11.4 Å². The SMILES string of the molecule is C[N+]1=C(C=CC=C2N(CCCOS(=O)O)c3ccccc3C2(C)C)C(C)(C)c2cc(NC(=O)CI)ccc21. The van der Waals surface area contributed by atoms with Gasteiger partial charge in [0, 0.05) is 46.7 Å². The Balaban J connectivity index is 1.62. The fourth-order valence-corrected chi connectivity index (χ4v) is 6.02. The average Bonchev–Trinajstić information content (AvgIpc) is 3.20. The molecule has 38 heavy (non-hydrogen) atoms. The third-order valence-electron chi connectivity index (χ3n) is 7.46. The number of para-hydroxylation sites is 1. The summed E-state index contributed by atoms with van der Waals surface area (Å²) in [5, 5.41) is 2.97. The number of fused-ring (bicyclic) bond motifs is 2. The quantitative estimate of drug-likeness (QED) is 0.117. The summed E-state index contributed by atoms with van der Waals surface area (Å²) < 4.78 is 27.3. The molecular formula is C29H35IN3O4S+. The summed E-state index contributed by atoms with van der Waals surface area (Å²) in [5.41, 5.74) is 7.43. The number of allylic oxidation sites excluding steroid dienone is 4. The van der Waals surface area contributed by atoms with Crippen LogP contribution in [-0.4, -0.2) is 49.6 Å². The molecule has 9 heteroatoms. The van der Waals surface area contributed by atoms with Crippen molar-refractivity contribution in [2.24, 2.45) is 0 Å². The van der Waals surface area contributed by atoms with Crippen LogP contribution in [0.4, 0.5) is 17.1 Å². The zero-order chi connectivity index (χ0) is 27.7. The Morgan fingerprint density at radius 3 is 2.61 bits per heavy atom. The van der Waals surface area contributed by atoms with Gasteiger partial charge in [0.05, 0.1) is 16.4 Å². The lowest BCUT2D eigenvalue weighted by Crippen LogP contribution is -2.28. The minimum Gasteiger partial charge on any atom is -0.344 e. The second kappa shape index (κ2) is 11.4. The summed E-state index contributed by atoms with van der Waals surface area (Å²) in [7, 11) is 2.08. The molecule has 2 aliphatic heterocycles. The summed E-state index contributed by atoms with van der Waals surface area (Å²) in [5.74, 6) is -0.00802. The number of halogens is 1. The number of rotatable bonds is 9. The summed E-state index contributed by atoms with van der Waals surface area (Å²) in [6.45, 7) is 9.75. The number of anilines is 2. The molecule has 0 spiro atoms. The van der Waals surface area contributed by atoms with Gasteiger partial charge in [-0.2, -0.15) is 8.78 Å². The summed E-state index contributed by atoms with van der Waals surface area (Å²) in [6, 6.07) is 14.5. The monoisotopic (exact) mass is 648 g/mol. The van der Waals surface area contributed by atoms with Gasteiger partial charge < -0.3 is 10.2 Å². The van der Waals surface area contributed by atoms with E-state index in [-0.39, 0.29) is 23.3 Å². The van der Waals surface area contributed by atoms with Crippen LogP contribution in [0.1, 0.15) is 45.2 Å². The Bertz CT molecular complexity index is 1360. The van der Waals surface area contributed by atoms with Gasteiger partial charge in [-0.05, 0) is 50.1 Å². The molecule has 0 aliphatic carbocycles. The Morgan fingerprint density at radius 2 is 1.89 bits per heavy atom. The van der Waals surface area contributed by atoms with E-state index in [1.807, 2.05) is 12.1 Å². The first kappa shape index (κ1) is 28.7. The fraction of sp³-hybridized carbons (Fsp3) is 0.379. The second-order valence-corrected chi connectivity index (χ2v) is 12.0. The number of amides is 1. The highest BCUT2D eigenvalue weighted by molar-refractivity contribution is 14.1. The molecule has 1 unspecified atom stereocenters. The molecule has 1 amide bonds. The topological polar surface area (TPSA) is 81.9 Å². The van der Waals surface area contributed by atoms with Crippen LogP contribution in [0.3, 0.4) is 0 Å². The van der Waals surface area contributed by atoms with E-state index in [2.05, 4.69) is 121 Å². The Morgan fingerprint density at radius 1 is 1.16 bits per heavy atom. The first-order chi connectivity index (χ1) is 18.0. The van der Waals surface area contributed by atoms with Crippen LogP contribution < -0.4 is 10.2 Å². The number of alkyl halides is 1. The summed E-state index contributed by atoms with van der Waals surface area (Å²) in [4.78, 5) is 14.2. The van der Waals surface area contributed by atoms with E-state index in [9.17, 15) is 9.00 Å². The molecule has 7 nitrogen and oxygen atoms in total. The summed E-state index contributed by atoms with van der Waals surface area (Å²) >= 11 is -0.184. The molecule has 0 fully saturated rings. The maximum absolute atomic E-state index is 11.9. The van der Waals surface area contributed by atoms with E-state index in [1.165, 1.54) is 22.5 Å². The Hall–Kier alpha value is -2.34. The van der Waals surface area contributed by atoms with Crippen molar-refractivity contribution in [3.63, 3.8) is 0 Å². The molecule has 202 valence electrons. The zero-order valence-electron chi connectivity index (χ0n) is 22.5. The molecule has 1 atom stereocenters. The largest absolute Gasteiger partial charge is 0.344 e. The van der Waals surface area contributed by atoms with E-state index >= 15 is 0 Å². The lowest BCUT2D eigenvalue weighted by atomic mass is 9.81. The number of nitrogens with one attached hydrogen (secondary N) is 1. The van der Waals surface area contributed by atoms with Crippen LogP contribution in [0.25, 0.3) is 0 Å². The molecule has 0 bridgehead atoms. The third kappa shape index (κ3) is 5.52. The highest BCUT2D eigenvalue weighted by Gasteiger charge is 2.43. The van der Waals surface area contributed by atoms with Gasteiger partial charge in [0.15, 0.2) is 5.71 Å². The molecular weight excluding hydrogens is 613 g/mol. The highest BCUT2D eigenvalue weighted by Crippen LogP contribution is 2.47. The van der Waals surface area contributed by atoms with Crippen molar-refractivity contribution in [1.29, 1.82) is 0 Å². The predicted octanol–water partition coefficient (Wildman–Crippen LogP) is 5.85. The molecule has 2 aromatic rings. The van der Waals surface area contributed by atoms with Gasteiger partial charge in [0.25, 0.3) is 0 Å². The van der Waals surface area contributed by atoms with Crippen LogP contribution in [0.2, 0.25) is 0 Å². The first-order valence-corrected chi connectivity index (χ1v) is 15.2. The molecule has 2 N–H and O–H groups in total. The molecule has 0 saturated heterocycles. The predicted molar refractivity (Wildman–Crippen MR) is 163 cm³/mol. The minimum absolute atomic E-state index is 0.00802. The van der Waals surface area contributed by atoms with Crippen LogP contribution in [0.15, 0.2) is 66.4 Å². The van der Waals surface area contributed by atoms with E-state index < -0.39 is 11.4 Å². The molecule has 2 heterocycles. The van der Waals surface area contributed by atoms with Gasteiger partial charge in [-0.25, -0.2) is 0 Å². The molecule has 0 radical (unpaired) electrons. The van der Waals surface area contributed by atoms with Crippen LogP contribution in [-0.2, 0) is 31.2 Å². The normalized spacial score (nSPS) is 19.2. The summed E-state index contributed by atoms with van der Waals surface area (Å²) in [6.07, 6.45) is 7.09. The molecule has 2 aromatic carbocycles. The van der Waals surface area contributed by atoms with Gasteiger partial charge in [-0.1, -0.05) is 60.7 Å². The lowest BCUT2D eigenvalue weighted by molar-refractivity contribution is -0.401. The van der Waals surface area contributed by atoms with Crippen LogP contribution >= 0.6 is 22.6 Å². The van der Waals surface area contributed by atoms with E-state index in [0.717, 1.165) is 17.1 Å². The van der Waals surface area contributed by atoms with Crippen LogP contribution in [0, 0.1) is 0 Å². The number of nitrogens with zero attached hydrogens (tertiary/aromatic N) is 2. The fourth-order valence-electron chi connectivity index (χ4n) is 5.57. The second-order valence-electron chi connectivity index (χ2n) is 10.6.